The molecular formula is C17H16N4O2S. The van der Waals surface area contributed by atoms with Crippen molar-refractivity contribution in [2.24, 2.45) is 5.92 Å². The van der Waals surface area contributed by atoms with Crippen molar-refractivity contribution in [3.05, 3.63) is 47.1 Å². The summed E-state index contributed by atoms with van der Waals surface area (Å²) in [5.41, 5.74) is 1.59. The maximum atomic E-state index is 12.6. The van der Waals surface area contributed by atoms with Crippen molar-refractivity contribution in [1.82, 2.24) is 14.9 Å². The van der Waals surface area contributed by atoms with E-state index >= 15 is 0 Å². The lowest BCUT2D eigenvalue weighted by Gasteiger charge is -2.37. The number of anilines is 1. The maximum absolute atomic E-state index is 12.6. The number of benzene rings is 1. The summed E-state index contributed by atoms with van der Waals surface area (Å²) in [5.74, 6) is -0.294. The monoisotopic (exact) mass is 340 g/mol. The van der Waals surface area contributed by atoms with Gasteiger partial charge in [-0.15, -0.1) is 11.3 Å². The van der Waals surface area contributed by atoms with E-state index in [1.807, 2.05) is 31.2 Å². The molecule has 0 unspecified atom stereocenters. The van der Waals surface area contributed by atoms with E-state index < -0.39 is 0 Å². The van der Waals surface area contributed by atoms with Crippen molar-refractivity contribution in [2.75, 3.05) is 18.4 Å². The quantitative estimate of drug-likeness (QED) is 0.769. The highest BCUT2D eigenvalue weighted by Gasteiger charge is 2.36. The van der Waals surface area contributed by atoms with Crippen molar-refractivity contribution < 1.29 is 9.59 Å². The van der Waals surface area contributed by atoms with Gasteiger partial charge in [0.05, 0.1) is 11.5 Å². The molecule has 24 heavy (non-hydrogen) atoms. The number of carbonyl (C=O) groups excluding carboxylic acids is 2. The number of aromatic nitrogens is 2. The van der Waals surface area contributed by atoms with Crippen LogP contribution in [0, 0.1) is 12.8 Å². The molecule has 3 aromatic rings. The van der Waals surface area contributed by atoms with Gasteiger partial charge in [0.2, 0.25) is 5.91 Å². The molecule has 0 spiro atoms. The molecule has 1 aliphatic heterocycles. The van der Waals surface area contributed by atoms with E-state index in [0.717, 1.165) is 15.8 Å². The van der Waals surface area contributed by atoms with Gasteiger partial charge < -0.3 is 15.2 Å². The number of hydrogen-bond donors (Lipinski definition) is 2. The maximum Gasteiger partial charge on any atom is 0.256 e. The molecule has 0 atom stereocenters. The first kappa shape index (κ1) is 14.9. The molecule has 1 aliphatic rings. The van der Waals surface area contributed by atoms with E-state index in [-0.39, 0.29) is 17.7 Å². The second-order valence-electron chi connectivity index (χ2n) is 5.92. The highest BCUT2D eigenvalue weighted by molar-refractivity contribution is 7.15. The lowest BCUT2D eigenvalue weighted by molar-refractivity contribution is -0.123. The van der Waals surface area contributed by atoms with Gasteiger partial charge in [0.1, 0.15) is 0 Å². The molecule has 1 aromatic carbocycles. The van der Waals surface area contributed by atoms with E-state index in [9.17, 15) is 9.59 Å². The van der Waals surface area contributed by atoms with Crippen LogP contribution in [0.15, 0.2) is 36.7 Å². The Balaban J connectivity index is 1.40. The Morgan fingerprint density at radius 2 is 2.12 bits per heavy atom. The number of H-pyrrole nitrogens is 1. The van der Waals surface area contributed by atoms with Crippen molar-refractivity contribution in [1.29, 1.82) is 0 Å². The van der Waals surface area contributed by atoms with Gasteiger partial charge in [-0.05, 0) is 13.0 Å². The van der Waals surface area contributed by atoms with Crippen LogP contribution in [0.2, 0.25) is 0 Å². The molecule has 122 valence electrons. The first-order valence-corrected chi connectivity index (χ1v) is 8.52. The molecule has 1 saturated heterocycles. The molecule has 6 nitrogen and oxygen atoms in total. The zero-order chi connectivity index (χ0) is 16.7. The molecule has 4 rings (SSSR count). The Hall–Kier alpha value is -2.67. The molecule has 0 radical (unpaired) electrons. The number of amides is 2. The summed E-state index contributed by atoms with van der Waals surface area (Å²) in [5, 5.41) is 4.33. The number of thiazole rings is 1. The molecular weight excluding hydrogens is 324 g/mol. The summed E-state index contributed by atoms with van der Waals surface area (Å²) in [6, 6.07) is 7.70. The normalized spacial score (nSPS) is 14.6. The van der Waals surface area contributed by atoms with Gasteiger partial charge in [-0.1, -0.05) is 18.2 Å². The summed E-state index contributed by atoms with van der Waals surface area (Å²) < 4.78 is 0. The third-order valence-electron chi connectivity index (χ3n) is 4.21. The molecule has 3 heterocycles. The minimum Gasteiger partial charge on any atom is -0.360 e. The van der Waals surface area contributed by atoms with Gasteiger partial charge in [0.25, 0.3) is 5.91 Å². The molecule has 0 saturated carbocycles. The third-order valence-corrected chi connectivity index (χ3v) is 5.04. The van der Waals surface area contributed by atoms with Gasteiger partial charge in [-0.25, -0.2) is 4.98 Å². The van der Waals surface area contributed by atoms with E-state index in [4.69, 9.17) is 0 Å². The topological polar surface area (TPSA) is 78.1 Å². The number of aromatic amines is 1. The number of aryl methyl sites for hydroxylation is 1. The zero-order valence-corrected chi connectivity index (χ0v) is 13.9. The number of nitrogens with zero attached hydrogens (tertiary/aromatic N) is 2. The number of likely N-dealkylation sites (tertiary alicyclic amines) is 1. The first-order chi connectivity index (χ1) is 11.6. The van der Waals surface area contributed by atoms with Crippen LogP contribution in [0.3, 0.4) is 0 Å². The van der Waals surface area contributed by atoms with Crippen LogP contribution < -0.4 is 5.32 Å². The van der Waals surface area contributed by atoms with Gasteiger partial charge in [-0.3, -0.25) is 9.59 Å². The lowest BCUT2D eigenvalue weighted by atomic mass is 9.98. The van der Waals surface area contributed by atoms with Gasteiger partial charge >= 0.3 is 0 Å². The summed E-state index contributed by atoms with van der Waals surface area (Å²) >= 11 is 1.45. The Bertz CT molecular complexity index is 923. The number of fused-ring (bicyclic) bond motifs is 1. The largest absolute Gasteiger partial charge is 0.360 e. The zero-order valence-electron chi connectivity index (χ0n) is 13.1. The summed E-state index contributed by atoms with van der Waals surface area (Å²) in [7, 11) is 0. The van der Waals surface area contributed by atoms with Crippen molar-refractivity contribution >= 4 is 39.2 Å². The van der Waals surface area contributed by atoms with E-state index in [1.165, 1.54) is 11.3 Å². The standard InChI is InChI=1S/C17H16N4O2S/c1-10-6-19-17(24-10)20-15(22)11-8-21(9-11)16(23)13-7-18-14-5-3-2-4-12(13)14/h2-7,11,18H,8-9H2,1H3,(H,19,20,22). The summed E-state index contributed by atoms with van der Waals surface area (Å²) in [6.45, 7) is 2.82. The number of rotatable bonds is 3. The average molecular weight is 340 g/mol. The molecule has 2 amide bonds. The Morgan fingerprint density at radius 1 is 1.33 bits per heavy atom. The first-order valence-electron chi connectivity index (χ1n) is 7.70. The van der Waals surface area contributed by atoms with Crippen LogP contribution in [-0.2, 0) is 4.79 Å². The number of para-hydroxylation sites is 1. The Labute approximate surface area is 142 Å². The van der Waals surface area contributed by atoms with E-state index in [2.05, 4.69) is 15.3 Å². The predicted octanol–water partition coefficient (Wildman–Crippen LogP) is 2.64. The average Bonchev–Trinajstić information content (AvgIpc) is 3.11. The van der Waals surface area contributed by atoms with E-state index in [1.54, 1.807) is 17.3 Å². The molecule has 2 N–H and O–H groups in total. The SMILES string of the molecule is Cc1cnc(NC(=O)C2CN(C(=O)c3c[nH]c4ccccc34)C2)s1. The fourth-order valence-electron chi connectivity index (χ4n) is 2.85. The van der Waals surface area contributed by atoms with Crippen molar-refractivity contribution in [3.8, 4) is 0 Å². The van der Waals surface area contributed by atoms with Gasteiger partial charge in [-0.2, -0.15) is 0 Å². The predicted molar refractivity (Wildman–Crippen MR) is 93.2 cm³/mol. The lowest BCUT2D eigenvalue weighted by Crippen LogP contribution is -2.54. The third kappa shape index (κ3) is 2.56. The number of nitrogens with one attached hydrogen (secondary N) is 2. The molecule has 7 heteroatoms. The summed E-state index contributed by atoms with van der Waals surface area (Å²) in [4.78, 5) is 34.8. The molecule has 0 bridgehead atoms. The second kappa shape index (κ2) is 5.76. The smallest absolute Gasteiger partial charge is 0.256 e. The van der Waals surface area contributed by atoms with Crippen LogP contribution in [0.4, 0.5) is 5.13 Å². The van der Waals surface area contributed by atoms with Gasteiger partial charge in [0, 0.05) is 41.3 Å². The molecule has 0 aliphatic carbocycles. The van der Waals surface area contributed by atoms with Crippen LogP contribution >= 0.6 is 11.3 Å². The highest BCUT2D eigenvalue weighted by atomic mass is 32.1. The van der Waals surface area contributed by atoms with Crippen molar-refractivity contribution in [3.63, 3.8) is 0 Å². The summed E-state index contributed by atoms with van der Waals surface area (Å²) in [6.07, 6.45) is 3.46. The second-order valence-corrected chi connectivity index (χ2v) is 7.16. The number of hydrogen-bond acceptors (Lipinski definition) is 4. The molecule has 1 fully saturated rings. The highest BCUT2D eigenvalue weighted by Crippen LogP contribution is 2.25. The fraction of sp³-hybridized carbons (Fsp3) is 0.235. The molecule has 2 aromatic heterocycles. The fourth-order valence-corrected chi connectivity index (χ4v) is 3.52. The van der Waals surface area contributed by atoms with Gasteiger partial charge in [0.15, 0.2) is 5.13 Å². The van der Waals surface area contributed by atoms with E-state index in [0.29, 0.717) is 23.8 Å². The number of carbonyl (C=O) groups is 2. The van der Waals surface area contributed by atoms with Crippen LogP contribution in [0.25, 0.3) is 10.9 Å². The van der Waals surface area contributed by atoms with Crippen molar-refractivity contribution in [2.45, 2.75) is 6.92 Å². The van der Waals surface area contributed by atoms with Crippen LogP contribution in [0.1, 0.15) is 15.2 Å². The minimum atomic E-state index is -0.177. The van der Waals surface area contributed by atoms with Crippen LogP contribution in [-0.4, -0.2) is 39.8 Å². The van der Waals surface area contributed by atoms with Crippen LogP contribution in [0.5, 0.6) is 0 Å². The Morgan fingerprint density at radius 3 is 2.88 bits per heavy atom. The minimum absolute atomic E-state index is 0.0402. The Kier molecular flexibility index (Phi) is 3.57.